The van der Waals surface area contributed by atoms with Crippen LogP contribution in [0.25, 0.3) is 22.8 Å². The number of hydrogen-bond donors (Lipinski definition) is 0. The molecule has 0 amide bonds. The largest absolute Gasteiger partial charge is 0.436 e. The Morgan fingerprint density at radius 3 is 2.59 bits per heavy atom. The molecule has 0 aliphatic rings. The standard InChI is InChI=1S/C14H11NOS/c1-10-2-4-11(5-3-10)14-15-8-13(16-14)12-6-7-17-9-12/h2-9H,1H3. The third kappa shape index (κ3) is 2.01. The molecule has 0 spiro atoms. The maximum Gasteiger partial charge on any atom is 0.226 e. The molecule has 0 aliphatic heterocycles. The average Bonchev–Trinajstić information content (AvgIpc) is 3.00. The van der Waals surface area contributed by atoms with E-state index in [0.29, 0.717) is 5.89 Å². The Bertz CT molecular complexity index is 608. The molecule has 3 aromatic rings. The number of thiophene rings is 1. The van der Waals surface area contributed by atoms with Gasteiger partial charge in [-0.05, 0) is 30.5 Å². The SMILES string of the molecule is Cc1ccc(-c2ncc(-c3ccsc3)o2)cc1. The first-order valence-electron chi connectivity index (χ1n) is 5.38. The van der Waals surface area contributed by atoms with Gasteiger partial charge in [0.1, 0.15) is 0 Å². The summed E-state index contributed by atoms with van der Waals surface area (Å²) < 4.78 is 5.75. The van der Waals surface area contributed by atoms with Crippen molar-refractivity contribution in [3.05, 3.63) is 52.9 Å². The summed E-state index contributed by atoms with van der Waals surface area (Å²) in [5, 5.41) is 4.09. The van der Waals surface area contributed by atoms with Gasteiger partial charge in [0.2, 0.25) is 5.89 Å². The number of rotatable bonds is 2. The molecular formula is C14H11NOS. The zero-order chi connectivity index (χ0) is 11.7. The molecule has 1 aromatic carbocycles. The highest BCUT2D eigenvalue weighted by molar-refractivity contribution is 7.08. The minimum absolute atomic E-state index is 0.672. The Labute approximate surface area is 104 Å². The lowest BCUT2D eigenvalue weighted by atomic mass is 10.1. The predicted octanol–water partition coefficient (Wildman–Crippen LogP) is 4.38. The van der Waals surface area contributed by atoms with Crippen LogP contribution in [0.4, 0.5) is 0 Å². The summed E-state index contributed by atoms with van der Waals surface area (Å²) in [6, 6.07) is 10.2. The molecule has 0 N–H and O–H groups in total. The molecule has 0 unspecified atom stereocenters. The van der Waals surface area contributed by atoms with Crippen LogP contribution < -0.4 is 0 Å². The summed E-state index contributed by atoms with van der Waals surface area (Å²) >= 11 is 1.65. The normalized spacial score (nSPS) is 10.6. The van der Waals surface area contributed by atoms with Crippen LogP contribution in [0.2, 0.25) is 0 Å². The molecule has 2 heterocycles. The van der Waals surface area contributed by atoms with E-state index >= 15 is 0 Å². The van der Waals surface area contributed by atoms with E-state index in [1.165, 1.54) is 5.56 Å². The molecule has 3 rings (SSSR count). The van der Waals surface area contributed by atoms with E-state index in [0.717, 1.165) is 16.9 Å². The van der Waals surface area contributed by atoms with Gasteiger partial charge in [-0.2, -0.15) is 11.3 Å². The zero-order valence-corrected chi connectivity index (χ0v) is 10.2. The highest BCUT2D eigenvalue weighted by Gasteiger charge is 2.08. The molecule has 0 fully saturated rings. The van der Waals surface area contributed by atoms with Gasteiger partial charge in [0, 0.05) is 16.5 Å². The van der Waals surface area contributed by atoms with Gasteiger partial charge < -0.3 is 4.42 Å². The summed E-state index contributed by atoms with van der Waals surface area (Å²) in [5.41, 5.74) is 3.33. The van der Waals surface area contributed by atoms with Crippen molar-refractivity contribution in [2.24, 2.45) is 0 Å². The summed E-state index contributed by atoms with van der Waals surface area (Å²) in [4.78, 5) is 4.31. The molecule has 0 saturated carbocycles. The van der Waals surface area contributed by atoms with Gasteiger partial charge in [-0.25, -0.2) is 4.98 Å². The first kappa shape index (κ1) is 10.3. The second-order valence-electron chi connectivity index (χ2n) is 3.91. The molecule has 17 heavy (non-hydrogen) atoms. The molecule has 3 heteroatoms. The highest BCUT2D eigenvalue weighted by atomic mass is 32.1. The number of oxazole rings is 1. The molecular weight excluding hydrogens is 230 g/mol. The fourth-order valence-corrected chi connectivity index (χ4v) is 2.29. The van der Waals surface area contributed by atoms with Crippen LogP contribution >= 0.6 is 11.3 Å². The van der Waals surface area contributed by atoms with Crippen molar-refractivity contribution in [2.45, 2.75) is 6.92 Å². The van der Waals surface area contributed by atoms with Crippen LogP contribution in [0.3, 0.4) is 0 Å². The summed E-state index contributed by atoms with van der Waals surface area (Å²) in [5.74, 6) is 1.49. The van der Waals surface area contributed by atoms with E-state index in [1.807, 2.05) is 23.6 Å². The molecule has 0 radical (unpaired) electrons. The lowest BCUT2D eigenvalue weighted by Gasteiger charge is -1.96. The van der Waals surface area contributed by atoms with E-state index < -0.39 is 0 Å². The van der Waals surface area contributed by atoms with Crippen molar-refractivity contribution in [3.63, 3.8) is 0 Å². The van der Waals surface area contributed by atoms with Crippen LogP contribution in [-0.2, 0) is 0 Å². The average molecular weight is 241 g/mol. The van der Waals surface area contributed by atoms with E-state index in [1.54, 1.807) is 17.5 Å². The molecule has 0 atom stereocenters. The van der Waals surface area contributed by atoms with E-state index in [2.05, 4.69) is 29.4 Å². The van der Waals surface area contributed by atoms with E-state index in [-0.39, 0.29) is 0 Å². The molecule has 0 bridgehead atoms. The van der Waals surface area contributed by atoms with Crippen LogP contribution in [-0.4, -0.2) is 4.98 Å². The van der Waals surface area contributed by atoms with Crippen LogP contribution in [0.5, 0.6) is 0 Å². The predicted molar refractivity (Wildman–Crippen MR) is 70.0 cm³/mol. The zero-order valence-electron chi connectivity index (χ0n) is 9.38. The minimum atomic E-state index is 0.672. The Balaban J connectivity index is 1.98. The summed E-state index contributed by atoms with van der Waals surface area (Å²) in [6.45, 7) is 2.07. The second-order valence-corrected chi connectivity index (χ2v) is 4.69. The number of aromatic nitrogens is 1. The van der Waals surface area contributed by atoms with Crippen molar-refractivity contribution in [2.75, 3.05) is 0 Å². The van der Waals surface area contributed by atoms with Crippen molar-refractivity contribution in [1.82, 2.24) is 4.98 Å². The first-order valence-corrected chi connectivity index (χ1v) is 6.32. The quantitative estimate of drug-likeness (QED) is 0.665. The first-order chi connectivity index (χ1) is 8.33. The smallest absolute Gasteiger partial charge is 0.226 e. The van der Waals surface area contributed by atoms with E-state index in [4.69, 9.17) is 4.42 Å². The van der Waals surface area contributed by atoms with Gasteiger partial charge >= 0.3 is 0 Å². The fourth-order valence-electron chi connectivity index (χ4n) is 1.64. The summed E-state index contributed by atoms with van der Waals surface area (Å²) in [6.07, 6.45) is 1.78. The minimum Gasteiger partial charge on any atom is -0.436 e. The molecule has 0 saturated heterocycles. The molecule has 84 valence electrons. The lowest BCUT2D eigenvalue weighted by molar-refractivity contribution is 0.589. The Morgan fingerprint density at radius 1 is 1.06 bits per heavy atom. The van der Waals surface area contributed by atoms with E-state index in [9.17, 15) is 0 Å². The Morgan fingerprint density at radius 2 is 1.88 bits per heavy atom. The number of hydrogen-bond acceptors (Lipinski definition) is 3. The molecule has 0 aliphatic carbocycles. The van der Waals surface area contributed by atoms with Gasteiger partial charge in [-0.1, -0.05) is 17.7 Å². The second kappa shape index (κ2) is 4.18. The highest BCUT2D eigenvalue weighted by Crippen LogP contribution is 2.27. The van der Waals surface area contributed by atoms with Crippen molar-refractivity contribution in [3.8, 4) is 22.8 Å². The van der Waals surface area contributed by atoms with Crippen molar-refractivity contribution >= 4 is 11.3 Å². The molecule has 2 nitrogen and oxygen atoms in total. The van der Waals surface area contributed by atoms with Crippen molar-refractivity contribution < 1.29 is 4.42 Å². The third-order valence-corrected chi connectivity index (χ3v) is 3.29. The summed E-state index contributed by atoms with van der Waals surface area (Å²) in [7, 11) is 0. The van der Waals surface area contributed by atoms with Gasteiger partial charge in [0.05, 0.1) is 6.20 Å². The number of nitrogens with zero attached hydrogens (tertiary/aromatic N) is 1. The fraction of sp³-hybridized carbons (Fsp3) is 0.0714. The molecule has 2 aromatic heterocycles. The number of aryl methyl sites for hydroxylation is 1. The Kier molecular flexibility index (Phi) is 2.53. The van der Waals surface area contributed by atoms with Crippen LogP contribution in [0, 0.1) is 6.92 Å². The maximum atomic E-state index is 5.75. The topological polar surface area (TPSA) is 26.0 Å². The van der Waals surface area contributed by atoms with Crippen LogP contribution in [0.1, 0.15) is 5.56 Å². The third-order valence-electron chi connectivity index (χ3n) is 2.61. The monoisotopic (exact) mass is 241 g/mol. The van der Waals surface area contributed by atoms with Gasteiger partial charge in [0.15, 0.2) is 5.76 Å². The Hall–Kier alpha value is -1.87. The van der Waals surface area contributed by atoms with Gasteiger partial charge in [-0.3, -0.25) is 0 Å². The maximum absolute atomic E-state index is 5.75. The van der Waals surface area contributed by atoms with Crippen LogP contribution in [0.15, 0.2) is 51.7 Å². The van der Waals surface area contributed by atoms with Gasteiger partial charge in [0.25, 0.3) is 0 Å². The number of benzene rings is 1. The lowest BCUT2D eigenvalue weighted by Crippen LogP contribution is -1.76. The van der Waals surface area contributed by atoms with Crippen molar-refractivity contribution in [1.29, 1.82) is 0 Å². The van der Waals surface area contributed by atoms with Gasteiger partial charge in [-0.15, -0.1) is 0 Å².